The molecule has 204 valence electrons. The van der Waals surface area contributed by atoms with E-state index in [1.165, 1.54) is 5.56 Å². The first-order chi connectivity index (χ1) is 18.6. The number of hydrogen-bond donors (Lipinski definition) is 1. The van der Waals surface area contributed by atoms with Gasteiger partial charge in [-0.25, -0.2) is 0 Å². The summed E-state index contributed by atoms with van der Waals surface area (Å²) >= 11 is 0. The average Bonchev–Trinajstić information content (AvgIpc) is 3.17. The predicted molar refractivity (Wildman–Crippen MR) is 154 cm³/mol. The number of amides is 1. The van der Waals surface area contributed by atoms with Crippen LogP contribution in [-0.2, 0) is 16.8 Å². The standard InChI is InChI=1S/C32H37N3O4/c1-22(2)18-19-38-25-14-10-23(11-15-25)20-35-28-9-7-6-8-27(28)30(31(35)37)34-33-29(36)21-39-26-16-12-24(13-17-26)32(3,4)5/h6-17,22,37H,18-21H2,1-5H3. The maximum absolute atomic E-state index is 12.4. The van der Waals surface area contributed by atoms with Crippen LogP contribution in [0.15, 0.2) is 83.0 Å². The Kier molecular flexibility index (Phi) is 8.69. The van der Waals surface area contributed by atoms with Gasteiger partial charge >= 0.3 is 5.91 Å². The number of hydrogen-bond acceptors (Lipinski definition) is 5. The highest BCUT2D eigenvalue weighted by molar-refractivity contribution is 5.95. The van der Waals surface area contributed by atoms with E-state index in [4.69, 9.17) is 9.47 Å². The largest absolute Gasteiger partial charge is 0.494 e. The van der Waals surface area contributed by atoms with Crippen LogP contribution in [-0.4, -0.2) is 28.8 Å². The fraction of sp³-hybridized carbons (Fsp3) is 0.344. The molecule has 0 aliphatic carbocycles. The molecular formula is C32H37N3O4. The lowest BCUT2D eigenvalue weighted by molar-refractivity contribution is -0.120. The van der Waals surface area contributed by atoms with Crippen molar-refractivity contribution in [1.82, 2.24) is 4.57 Å². The molecule has 4 rings (SSSR count). The van der Waals surface area contributed by atoms with Crippen molar-refractivity contribution in [3.8, 4) is 17.4 Å². The topological polar surface area (TPSA) is 85.4 Å². The van der Waals surface area contributed by atoms with E-state index in [0.717, 1.165) is 23.3 Å². The lowest BCUT2D eigenvalue weighted by Gasteiger charge is -2.19. The van der Waals surface area contributed by atoms with Crippen LogP contribution >= 0.6 is 0 Å². The third kappa shape index (κ3) is 7.25. The van der Waals surface area contributed by atoms with Crippen molar-refractivity contribution in [1.29, 1.82) is 0 Å². The average molecular weight is 528 g/mol. The van der Waals surface area contributed by atoms with Crippen LogP contribution in [0.1, 0.15) is 52.2 Å². The Labute approximate surface area is 230 Å². The normalized spacial score (nSPS) is 11.9. The number of fused-ring (bicyclic) bond motifs is 1. The summed E-state index contributed by atoms with van der Waals surface area (Å²) in [5, 5.41) is 19.7. The Bertz CT molecular complexity index is 1430. The van der Waals surface area contributed by atoms with E-state index in [9.17, 15) is 9.90 Å². The lowest BCUT2D eigenvalue weighted by Crippen LogP contribution is -2.11. The van der Waals surface area contributed by atoms with E-state index >= 15 is 0 Å². The summed E-state index contributed by atoms with van der Waals surface area (Å²) < 4.78 is 13.2. The maximum Gasteiger partial charge on any atom is 0.302 e. The highest BCUT2D eigenvalue weighted by Crippen LogP contribution is 2.39. The fourth-order valence-electron chi connectivity index (χ4n) is 4.15. The van der Waals surface area contributed by atoms with Gasteiger partial charge in [0.2, 0.25) is 5.88 Å². The van der Waals surface area contributed by atoms with Crippen molar-refractivity contribution < 1.29 is 19.4 Å². The van der Waals surface area contributed by atoms with Crippen LogP contribution in [0.5, 0.6) is 17.4 Å². The molecule has 0 aliphatic rings. The summed E-state index contributed by atoms with van der Waals surface area (Å²) in [7, 11) is 0. The Morgan fingerprint density at radius 1 is 0.923 bits per heavy atom. The summed E-state index contributed by atoms with van der Waals surface area (Å²) in [6.45, 7) is 11.6. The van der Waals surface area contributed by atoms with Gasteiger partial charge in [0.25, 0.3) is 0 Å². The zero-order chi connectivity index (χ0) is 28.0. The van der Waals surface area contributed by atoms with Crippen LogP contribution < -0.4 is 9.47 Å². The first-order valence-electron chi connectivity index (χ1n) is 13.3. The van der Waals surface area contributed by atoms with Gasteiger partial charge in [0.1, 0.15) is 11.5 Å². The molecule has 0 atom stereocenters. The van der Waals surface area contributed by atoms with Crippen LogP contribution in [0.2, 0.25) is 0 Å². The molecule has 0 radical (unpaired) electrons. The van der Waals surface area contributed by atoms with E-state index in [1.807, 2.05) is 72.8 Å². The molecule has 1 heterocycles. The van der Waals surface area contributed by atoms with Crippen molar-refractivity contribution in [2.45, 2.75) is 53.0 Å². The number of carbonyl (C=O) groups excluding carboxylic acids is 1. The van der Waals surface area contributed by atoms with Crippen molar-refractivity contribution in [2.24, 2.45) is 16.1 Å². The minimum atomic E-state index is -0.542. The van der Waals surface area contributed by atoms with Crippen molar-refractivity contribution in [3.63, 3.8) is 0 Å². The lowest BCUT2D eigenvalue weighted by atomic mass is 9.87. The summed E-state index contributed by atoms with van der Waals surface area (Å²) in [5.41, 5.74) is 3.26. The zero-order valence-corrected chi connectivity index (χ0v) is 23.3. The van der Waals surface area contributed by atoms with Gasteiger partial charge in [0.05, 0.1) is 18.7 Å². The number of benzene rings is 3. The zero-order valence-electron chi connectivity index (χ0n) is 23.3. The number of azo groups is 1. The molecule has 39 heavy (non-hydrogen) atoms. The highest BCUT2D eigenvalue weighted by atomic mass is 16.5. The van der Waals surface area contributed by atoms with Crippen molar-refractivity contribution >= 4 is 22.5 Å². The SMILES string of the molecule is CC(C)CCOc1ccc(Cn2c(O)c(N=NC(=O)COc3ccc(C(C)(C)C)cc3)c3ccccc32)cc1. The summed E-state index contributed by atoms with van der Waals surface area (Å²) in [6, 6.07) is 23.0. The Balaban J connectivity index is 1.44. The van der Waals surface area contributed by atoms with Crippen LogP contribution in [0.4, 0.5) is 5.69 Å². The van der Waals surface area contributed by atoms with E-state index < -0.39 is 5.91 Å². The van der Waals surface area contributed by atoms with Gasteiger partial charge in [-0.15, -0.1) is 10.2 Å². The molecule has 0 spiro atoms. The Morgan fingerprint density at radius 2 is 1.56 bits per heavy atom. The summed E-state index contributed by atoms with van der Waals surface area (Å²) in [4.78, 5) is 12.4. The van der Waals surface area contributed by atoms with Gasteiger partial charge in [-0.05, 0) is 59.2 Å². The van der Waals surface area contributed by atoms with Crippen LogP contribution in [0.3, 0.4) is 0 Å². The minimum Gasteiger partial charge on any atom is -0.494 e. The molecular weight excluding hydrogens is 490 g/mol. The summed E-state index contributed by atoms with van der Waals surface area (Å²) in [6.07, 6.45) is 1.00. The molecule has 0 fully saturated rings. The monoisotopic (exact) mass is 527 g/mol. The molecule has 0 aliphatic heterocycles. The fourth-order valence-corrected chi connectivity index (χ4v) is 4.15. The Morgan fingerprint density at radius 3 is 2.23 bits per heavy atom. The first kappa shape index (κ1) is 27.9. The molecule has 0 saturated heterocycles. The van der Waals surface area contributed by atoms with Gasteiger partial charge in [0.15, 0.2) is 12.3 Å². The van der Waals surface area contributed by atoms with Gasteiger partial charge in [-0.2, -0.15) is 0 Å². The van der Waals surface area contributed by atoms with Gasteiger partial charge < -0.3 is 19.1 Å². The number of nitrogens with zero attached hydrogens (tertiary/aromatic N) is 3. The van der Waals surface area contributed by atoms with Crippen molar-refractivity contribution in [3.05, 3.63) is 83.9 Å². The second-order valence-electron chi connectivity index (χ2n) is 11.1. The number of ether oxygens (including phenoxy) is 2. The molecule has 1 aromatic heterocycles. The van der Waals surface area contributed by atoms with Crippen LogP contribution in [0, 0.1) is 5.92 Å². The predicted octanol–water partition coefficient (Wildman–Crippen LogP) is 7.81. The number of rotatable bonds is 10. The van der Waals surface area contributed by atoms with E-state index in [2.05, 4.69) is 44.8 Å². The Hall–Kier alpha value is -4.13. The number of aromatic hydroxyl groups is 1. The molecule has 0 unspecified atom stereocenters. The number of para-hydroxylation sites is 1. The molecule has 0 bridgehead atoms. The van der Waals surface area contributed by atoms with Gasteiger partial charge in [-0.1, -0.05) is 77.1 Å². The quantitative estimate of drug-likeness (QED) is 0.213. The molecule has 1 amide bonds. The molecule has 7 heteroatoms. The smallest absolute Gasteiger partial charge is 0.302 e. The highest BCUT2D eigenvalue weighted by Gasteiger charge is 2.17. The summed E-state index contributed by atoms with van der Waals surface area (Å²) in [5.74, 6) is 1.40. The maximum atomic E-state index is 12.4. The molecule has 0 saturated carbocycles. The second kappa shape index (κ2) is 12.2. The number of carbonyl (C=O) groups is 1. The molecule has 3 aromatic carbocycles. The third-order valence-electron chi connectivity index (χ3n) is 6.49. The van der Waals surface area contributed by atoms with E-state index in [0.29, 0.717) is 30.2 Å². The van der Waals surface area contributed by atoms with E-state index in [-0.39, 0.29) is 23.6 Å². The van der Waals surface area contributed by atoms with Crippen molar-refractivity contribution in [2.75, 3.05) is 13.2 Å². The minimum absolute atomic E-state index is 0.0365. The second-order valence-corrected chi connectivity index (χ2v) is 11.1. The molecule has 1 N–H and O–H groups in total. The van der Waals surface area contributed by atoms with E-state index in [1.54, 1.807) is 4.57 Å². The molecule has 4 aromatic rings. The van der Waals surface area contributed by atoms with Gasteiger partial charge in [0, 0.05) is 5.39 Å². The first-order valence-corrected chi connectivity index (χ1v) is 13.3. The third-order valence-corrected chi connectivity index (χ3v) is 6.49. The molecule has 7 nitrogen and oxygen atoms in total. The van der Waals surface area contributed by atoms with Crippen LogP contribution in [0.25, 0.3) is 10.9 Å². The number of aromatic nitrogens is 1. The van der Waals surface area contributed by atoms with Gasteiger partial charge in [-0.3, -0.25) is 4.79 Å².